The molecule has 0 bridgehead atoms. The molecule has 0 aromatic heterocycles. The Bertz CT molecular complexity index is 763. The number of ether oxygens (including phenoxy) is 1. The number of likely N-dealkylation sites (N-methyl/N-ethyl adjacent to an activating group) is 1. The number of carbonyl (C=O) groups excluding carboxylic acids is 1. The number of benzene rings is 2. The maximum Gasteiger partial charge on any atom is 0.246 e. The van der Waals surface area contributed by atoms with E-state index >= 15 is 0 Å². The summed E-state index contributed by atoms with van der Waals surface area (Å²) in [5, 5.41) is 3.17. The van der Waals surface area contributed by atoms with E-state index in [1.807, 2.05) is 30.3 Å². The highest BCUT2D eigenvalue weighted by atomic mass is 16.5. The summed E-state index contributed by atoms with van der Waals surface area (Å²) in [6, 6.07) is 19.1. The molecule has 4 nitrogen and oxygen atoms in total. The second kappa shape index (κ2) is 10.0. The molecular formula is C25H34N2O2. The fourth-order valence-corrected chi connectivity index (χ4v) is 4.27. The average molecular weight is 395 g/mol. The SMILES string of the molecule is Cc1ccc(CC2(N(C)C)CCC(NC(=O)COCc3ccccc3)CC2)cc1. The molecule has 2 aromatic rings. The molecule has 29 heavy (non-hydrogen) atoms. The van der Waals surface area contributed by atoms with Gasteiger partial charge in [0.25, 0.3) is 0 Å². The monoisotopic (exact) mass is 394 g/mol. The molecule has 1 aliphatic carbocycles. The zero-order valence-electron chi connectivity index (χ0n) is 18.0. The summed E-state index contributed by atoms with van der Waals surface area (Å²) in [6.07, 6.45) is 5.25. The van der Waals surface area contributed by atoms with Gasteiger partial charge < -0.3 is 15.0 Å². The molecule has 1 saturated carbocycles. The van der Waals surface area contributed by atoms with Crippen molar-refractivity contribution in [2.45, 2.75) is 57.2 Å². The number of amides is 1. The minimum Gasteiger partial charge on any atom is -0.367 e. The summed E-state index contributed by atoms with van der Waals surface area (Å²) < 4.78 is 5.57. The number of aryl methyl sites for hydroxylation is 1. The van der Waals surface area contributed by atoms with E-state index in [2.05, 4.69) is 55.5 Å². The van der Waals surface area contributed by atoms with Gasteiger partial charge in [-0.3, -0.25) is 4.79 Å². The third-order valence-electron chi connectivity index (χ3n) is 6.23. The van der Waals surface area contributed by atoms with E-state index < -0.39 is 0 Å². The smallest absolute Gasteiger partial charge is 0.246 e. The minimum absolute atomic E-state index is 0.0122. The van der Waals surface area contributed by atoms with Gasteiger partial charge in [0.05, 0.1) is 6.61 Å². The first-order valence-corrected chi connectivity index (χ1v) is 10.6. The number of hydrogen-bond donors (Lipinski definition) is 1. The average Bonchev–Trinajstić information content (AvgIpc) is 2.72. The zero-order valence-corrected chi connectivity index (χ0v) is 18.0. The van der Waals surface area contributed by atoms with E-state index in [-0.39, 0.29) is 24.1 Å². The van der Waals surface area contributed by atoms with Crippen LogP contribution in [0, 0.1) is 6.92 Å². The predicted molar refractivity (Wildman–Crippen MR) is 118 cm³/mol. The van der Waals surface area contributed by atoms with Gasteiger partial charge in [0.2, 0.25) is 5.91 Å². The Hall–Kier alpha value is -2.17. The Kier molecular flexibility index (Phi) is 7.45. The molecule has 0 aliphatic heterocycles. The maximum absolute atomic E-state index is 12.3. The van der Waals surface area contributed by atoms with Crippen molar-refractivity contribution < 1.29 is 9.53 Å². The van der Waals surface area contributed by atoms with Crippen LogP contribution in [0.1, 0.15) is 42.4 Å². The van der Waals surface area contributed by atoms with Gasteiger partial charge in [0.1, 0.15) is 6.61 Å². The third-order valence-corrected chi connectivity index (χ3v) is 6.23. The summed E-state index contributed by atoms with van der Waals surface area (Å²) in [5.74, 6) is -0.0122. The van der Waals surface area contributed by atoms with Crippen LogP contribution in [0.25, 0.3) is 0 Å². The van der Waals surface area contributed by atoms with E-state index in [1.54, 1.807) is 0 Å². The zero-order chi connectivity index (χ0) is 20.7. The Morgan fingerprint density at radius 2 is 1.69 bits per heavy atom. The molecule has 0 heterocycles. The molecule has 2 aromatic carbocycles. The molecule has 1 amide bonds. The summed E-state index contributed by atoms with van der Waals surface area (Å²) in [6.45, 7) is 2.72. The van der Waals surface area contributed by atoms with E-state index in [4.69, 9.17) is 4.74 Å². The maximum atomic E-state index is 12.3. The summed E-state index contributed by atoms with van der Waals surface area (Å²) in [5.41, 5.74) is 3.94. The Morgan fingerprint density at radius 1 is 1.03 bits per heavy atom. The van der Waals surface area contributed by atoms with Gasteiger partial charge >= 0.3 is 0 Å². The van der Waals surface area contributed by atoms with Crippen molar-refractivity contribution in [1.29, 1.82) is 0 Å². The molecule has 1 N–H and O–H groups in total. The van der Waals surface area contributed by atoms with Crippen LogP contribution in [0.5, 0.6) is 0 Å². The lowest BCUT2D eigenvalue weighted by Crippen LogP contribution is -2.52. The molecule has 0 unspecified atom stereocenters. The first-order valence-electron chi connectivity index (χ1n) is 10.6. The van der Waals surface area contributed by atoms with Crippen molar-refractivity contribution in [3.63, 3.8) is 0 Å². The topological polar surface area (TPSA) is 41.6 Å². The number of carbonyl (C=O) groups is 1. The van der Waals surface area contributed by atoms with Gasteiger partial charge in [-0.15, -0.1) is 0 Å². The molecule has 1 fully saturated rings. The molecule has 0 radical (unpaired) electrons. The van der Waals surface area contributed by atoms with Gasteiger partial charge in [-0.2, -0.15) is 0 Å². The molecule has 1 aliphatic rings. The summed E-state index contributed by atoms with van der Waals surface area (Å²) in [7, 11) is 4.37. The van der Waals surface area contributed by atoms with E-state index in [9.17, 15) is 4.79 Å². The first-order chi connectivity index (χ1) is 14.0. The van der Waals surface area contributed by atoms with Gasteiger partial charge in [-0.25, -0.2) is 0 Å². The van der Waals surface area contributed by atoms with Crippen LogP contribution in [0.15, 0.2) is 54.6 Å². The highest BCUT2D eigenvalue weighted by Crippen LogP contribution is 2.35. The summed E-state index contributed by atoms with van der Waals surface area (Å²) in [4.78, 5) is 14.7. The first kappa shape index (κ1) is 21.5. The normalized spacial score (nSPS) is 21.9. The van der Waals surface area contributed by atoms with E-state index in [0.717, 1.165) is 37.7 Å². The van der Waals surface area contributed by atoms with Crippen LogP contribution in [0.3, 0.4) is 0 Å². The lowest BCUT2D eigenvalue weighted by atomic mass is 9.74. The quantitative estimate of drug-likeness (QED) is 0.732. The van der Waals surface area contributed by atoms with Crippen LogP contribution in [0.2, 0.25) is 0 Å². The number of hydrogen-bond acceptors (Lipinski definition) is 3. The van der Waals surface area contributed by atoms with Crippen molar-refractivity contribution in [2.24, 2.45) is 0 Å². The standard InChI is InChI=1S/C25H34N2O2/c1-20-9-11-21(12-10-20)17-25(27(2)3)15-13-23(14-16-25)26-24(28)19-29-18-22-7-5-4-6-8-22/h4-12,23H,13-19H2,1-3H3,(H,26,28). The lowest BCUT2D eigenvalue weighted by Gasteiger charge is -2.45. The second-order valence-electron chi connectivity index (χ2n) is 8.60. The Balaban J connectivity index is 1.46. The fraction of sp³-hybridized carbons (Fsp3) is 0.480. The largest absolute Gasteiger partial charge is 0.367 e. The summed E-state index contributed by atoms with van der Waals surface area (Å²) >= 11 is 0. The van der Waals surface area contributed by atoms with Crippen LogP contribution >= 0.6 is 0 Å². The van der Waals surface area contributed by atoms with E-state index in [1.165, 1.54) is 11.1 Å². The highest BCUT2D eigenvalue weighted by Gasteiger charge is 2.37. The van der Waals surface area contributed by atoms with Gasteiger partial charge in [-0.1, -0.05) is 60.2 Å². The number of nitrogens with zero attached hydrogens (tertiary/aromatic N) is 1. The third kappa shape index (κ3) is 6.15. The van der Waals surface area contributed by atoms with Crippen molar-refractivity contribution >= 4 is 5.91 Å². The number of rotatable bonds is 8. The minimum atomic E-state index is -0.0122. The van der Waals surface area contributed by atoms with Crippen molar-refractivity contribution in [2.75, 3.05) is 20.7 Å². The van der Waals surface area contributed by atoms with Crippen molar-refractivity contribution in [3.8, 4) is 0 Å². The Labute approximate surface area is 175 Å². The number of nitrogens with one attached hydrogen (secondary N) is 1. The van der Waals surface area contributed by atoms with Crippen LogP contribution in [-0.4, -0.2) is 43.1 Å². The fourth-order valence-electron chi connectivity index (χ4n) is 4.27. The highest BCUT2D eigenvalue weighted by molar-refractivity contribution is 5.77. The van der Waals surface area contributed by atoms with Crippen LogP contribution in [-0.2, 0) is 22.6 Å². The molecule has 156 valence electrons. The molecule has 3 rings (SSSR count). The predicted octanol–water partition coefficient (Wildman–Crippen LogP) is 4.11. The van der Waals surface area contributed by atoms with Crippen molar-refractivity contribution in [3.05, 3.63) is 71.3 Å². The molecule has 0 saturated heterocycles. The molecule has 0 spiro atoms. The van der Waals surface area contributed by atoms with Gasteiger partial charge in [0, 0.05) is 11.6 Å². The van der Waals surface area contributed by atoms with Crippen LogP contribution < -0.4 is 5.32 Å². The van der Waals surface area contributed by atoms with Gasteiger partial charge in [-0.05, 0) is 64.3 Å². The van der Waals surface area contributed by atoms with Crippen LogP contribution in [0.4, 0.5) is 0 Å². The van der Waals surface area contributed by atoms with Gasteiger partial charge in [0.15, 0.2) is 0 Å². The molecule has 4 heteroatoms. The van der Waals surface area contributed by atoms with E-state index in [0.29, 0.717) is 6.61 Å². The van der Waals surface area contributed by atoms with Crippen molar-refractivity contribution in [1.82, 2.24) is 10.2 Å². The molecular weight excluding hydrogens is 360 g/mol. The lowest BCUT2D eigenvalue weighted by molar-refractivity contribution is -0.127. The second-order valence-corrected chi connectivity index (χ2v) is 8.60. The Morgan fingerprint density at radius 3 is 2.31 bits per heavy atom. The molecule has 0 atom stereocenters.